The molecule has 1 heterocycles. The molecule has 0 aromatic carbocycles. The highest BCUT2D eigenvalue weighted by Gasteiger charge is 2.41. The Balaban J connectivity index is 1.87. The molecule has 1 aliphatic carbocycles. The van der Waals surface area contributed by atoms with Gasteiger partial charge in [-0.05, 0) is 45.1 Å². The van der Waals surface area contributed by atoms with Gasteiger partial charge in [0.05, 0.1) is 6.61 Å². The number of nitrogens with one attached hydrogen (secondary N) is 1. The summed E-state index contributed by atoms with van der Waals surface area (Å²) in [5.41, 5.74) is -0.0492. The van der Waals surface area contributed by atoms with Crippen molar-refractivity contribution in [2.45, 2.75) is 56.6 Å². The van der Waals surface area contributed by atoms with Gasteiger partial charge in [0.2, 0.25) is 0 Å². The van der Waals surface area contributed by atoms with E-state index in [-0.39, 0.29) is 12.1 Å². The number of nitrogens with zero attached hydrogens (tertiary/aromatic N) is 3. The molecule has 5 nitrogen and oxygen atoms in total. The maximum absolute atomic E-state index is 9.88. The van der Waals surface area contributed by atoms with E-state index in [0.29, 0.717) is 5.92 Å². The van der Waals surface area contributed by atoms with Gasteiger partial charge in [0.1, 0.15) is 5.82 Å². The van der Waals surface area contributed by atoms with Crippen molar-refractivity contribution in [1.29, 1.82) is 0 Å². The molecule has 1 fully saturated rings. The summed E-state index contributed by atoms with van der Waals surface area (Å²) in [5, 5.41) is 22.8. The van der Waals surface area contributed by atoms with Crippen molar-refractivity contribution in [3.05, 3.63) is 5.82 Å². The maximum atomic E-state index is 9.88. The van der Waals surface area contributed by atoms with Gasteiger partial charge in [-0.3, -0.25) is 0 Å². The van der Waals surface area contributed by atoms with Gasteiger partial charge < -0.3 is 15.0 Å². The second kappa shape index (κ2) is 7.61. The lowest BCUT2D eigenvalue weighted by atomic mass is 9.85. The third kappa shape index (κ3) is 3.79. The topological polar surface area (TPSA) is 63.0 Å². The standard InChI is InChI=1S/C15H28N4OS/c1-4-9-16-15(11-20)8-5-6-13(15)7-10-21-14-18-17-12(2)19(14)3/h13,16,20H,4-11H2,1-3H3. The molecule has 0 radical (unpaired) electrons. The van der Waals surface area contributed by atoms with Crippen LogP contribution in [0, 0.1) is 12.8 Å². The van der Waals surface area contributed by atoms with Gasteiger partial charge in [0, 0.05) is 18.3 Å². The quantitative estimate of drug-likeness (QED) is 0.720. The van der Waals surface area contributed by atoms with Crippen molar-refractivity contribution in [3.8, 4) is 0 Å². The number of thioether (sulfide) groups is 1. The minimum atomic E-state index is -0.0492. The van der Waals surface area contributed by atoms with Crippen LogP contribution in [0.25, 0.3) is 0 Å². The van der Waals surface area contributed by atoms with Crippen molar-refractivity contribution in [1.82, 2.24) is 20.1 Å². The first kappa shape index (κ1) is 16.8. The maximum Gasteiger partial charge on any atom is 0.190 e. The lowest BCUT2D eigenvalue weighted by Gasteiger charge is -2.35. The fourth-order valence-electron chi connectivity index (χ4n) is 3.24. The van der Waals surface area contributed by atoms with Gasteiger partial charge >= 0.3 is 0 Å². The van der Waals surface area contributed by atoms with Crippen LogP contribution in [0.4, 0.5) is 0 Å². The minimum absolute atomic E-state index is 0.0492. The molecule has 2 N–H and O–H groups in total. The molecule has 2 atom stereocenters. The van der Waals surface area contributed by atoms with Crippen molar-refractivity contribution >= 4 is 11.8 Å². The summed E-state index contributed by atoms with van der Waals surface area (Å²) in [4.78, 5) is 0. The predicted molar refractivity (Wildman–Crippen MR) is 86.5 cm³/mol. The van der Waals surface area contributed by atoms with Crippen molar-refractivity contribution in [3.63, 3.8) is 0 Å². The highest BCUT2D eigenvalue weighted by Crippen LogP contribution is 2.38. The average molecular weight is 312 g/mol. The van der Waals surface area contributed by atoms with Gasteiger partial charge in [-0.2, -0.15) is 0 Å². The van der Waals surface area contributed by atoms with Gasteiger partial charge in [-0.1, -0.05) is 25.1 Å². The second-order valence-electron chi connectivity index (χ2n) is 6.06. The Morgan fingerprint density at radius 3 is 2.90 bits per heavy atom. The molecule has 0 aliphatic heterocycles. The molecule has 0 saturated heterocycles. The number of aliphatic hydroxyl groups excluding tert-OH is 1. The average Bonchev–Trinajstić information content (AvgIpc) is 3.04. The third-order valence-electron chi connectivity index (χ3n) is 4.72. The van der Waals surface area contributed by atoms with Gasteiger partial charge in [0.25, 0.3) is 0 Å². The molecule has 0 bridgehead atoms. The van der Waals surface area contributed by atoms with Crippen LogP contribution in [-0.2, 0) is 7.05 Å². The molecule has 6 heteroatoms. The first-order valence-corrected chi connectivity index (χ1v) is 8.96. The summed E-state index contributed by atoms with van der Waals surface area (Å²) in [6.45, 7) is 5.39. The molecule has 21 heavy (non-hydrogen) atoms. The molecular weight excluding hydrogens is 284 g/mol. The van der Waals surface area contributed by atoms with Crippen LogP contribution in [0.5, 0.6) is 0 Å². The normalized spacial score (nSPS) is 25.6. The van der Waals surface area contributed by atoms with Crippen LogP contribution in [-0.4, -0.2) is 44.3 Å². The number of aliphatic hydroxyl groups is 1. The van der Waals surface area contributed by atoms with Crippen LogP contribution < -0.4 is 5.32 Å². The molecular formula is C15H28N4OS. The van der Waals surface area contributed by atoms with Crippen molar-refractivity contribution in [2.24, 2.45) is 13.0 Å². The molecule has 2 rings (SSSR count). The Hall–Kier alpha value is -0.590. The van der Waals surface area contributed by atoms with E-state index in [2.05, 4.69) is 22.4 Å². The monoisotopic (exact) mass is 312 g/mol. The Bertz CT molecular complexity index is 451. The Kier molecular flexibility index (Phi) is 6.08. The van der Waals surface area contributed by atoms with Crippen molar-refractivity contribution < 1.29 is 5.11 Å². The van der Waals surface area contributed by atoms with E-state index in [1.807, 2.05) is 18.5 Å². The molecule has 1 saturated carbocycles. The number of hydrogen-bond acceptors (Lipinski definition) is 5. The summed E-state index contributed by atoms with van der Waals surface area (Å²) in [6.07, 6.45) is 5.77. The predicted octanol–water partition coefficient (Wildman–Crippen LogP) is 2.14. The molecule has 1 aromatic rings. The second-order valence-corrected chi connectivity index (χ2v) is 7.12. The number of aromatic nitrogens is 3. The van der Waals surface area contributed by atoms with E-state index in [9.17, 15) is 5.11 Å². The van der Waals surface area contributed by atoms with Gasteiger partial charge in [-0.25, -0.2) is 0 Å². The van der Waals surface area contributed by atoms with E-state index in [4.69, 9.17) is 0 Å². The lowest BCUT2D eigenvalue weighted by molar-refractivity contribution is 0.122. The zero-order valence-corrected chi connectivity index (χ0v) is 14.2. The largest absolute Gasteiger partial charge is 0.394 e. The van der Waals surface area contributed by atoms with Crippen LogP contribution in [0.15, 0.2) is 5.16 Å². The number of rotatable bonds is 8. The first-order valence-electron chi connectivity index (χ1n) is 7.97. The number of hydrogen-bond donors (Lipinski definition) is 2. The van der Waals surface area contributed by atoms with E-state index in [0.717, 1.165) is 42.5 Å². The first-order chi connectivity index (χ1) is 10.1. The fourth-order valence-corrected chi connectivity index (χ4v) is 4.25. The van der Waals surface area contributed by atoms with E-state index in [1.165, 1.54) is 12.8 Å². The minimum Gasteiger partial charge on any atom is -0.394 e. The van der Waals surface area contributed by atoms with Crippen LogP contribution in [0.1, 0.15) is 44.9 Å². The summed E-state index contributed by atoms with van der Waals surface area (Å²) < 4.78 is 2.04. The Labute approximate surface area is 131 Å². The fraction of sp³-hybridized carbons (Fsp3) is 0.867. The zero-order chi connectivity index (χ0) is 15.3. The zero-order valence-electron chi connectivity index (χ0n) is 13.4. The molecule has 1 aromatic heterocycles. The summed E-state index contributed by atoms with van der Waals surface area (Å²) >= 11 is 1.77. The van der Waals surface area contributed by atoms with Gasteiger partial charge in [-0.15, -0.1) is 10.2 Å². The Morgan fingerprint density at radius 2 is 2.29 bits per heavy atom. The highest BCUT2D eigenvalue weighted by molar-refractivity contribution is 7.99. The number of aryl methyl sites for hydroxylation is 1. The SMILES string of the molecule is CCCNC1(CO)CCCC1CCSc1nnc(C)n1C. The third-order valence-corrected chi connectivity index (χ3v) is 5.77. The summed E-state index contributed by atoms with van der Waals surface area (Å²) in [5.74, 6) is 2.55. The van der Waals surface area contributed by atoms with E-state index >= 15 is 0 Å². The molecule has 2 unspecified atom stereocenters. The summed E-state index contributed by atoms with van der Waals surface area (Å²) in [7, 11) is 2.01. The summed E-state index contributed by atoms with van der Waals surface area (Å²) in [6, 6.07) is 0. The van der Waals surface area contributed by atoms with Crippen LogP contribution in [0.2, 0.25) is 0 Å². The van der Waals surface area contributed by atoms with Crippen molar-refractivity contribution in [2.75, 3.05) is 18.9 Å². The smallest absolute Gasteiger partial charge is 0.190 e. The van der Waals surface area contributed by atoms with Crippen LogP contribution in [0.3, 0.4) is 0 Å². The molecule has 1 aliphatic rings. The van der Waals surface area contributed by atoms with Crippen LogP contribution >= 0.6 is 11.8 Å². The molecule has 0 amide bonds. The Morgan fingerprint density at radius 1 is 1.48 bits per heavy atom. The molecule has 120 valence electrons. The molecule has 0 spiro atoms. The highest BCUT2D eigenvalue weighted by atomic mass is 32.2. The van der Waals surface area contributed by atoms with Gasteiger partial charge in [0.15, 0.2) is 5.16 Å². The van der Waals surface area contributed by atoms with E-state index in [1.54, 1.807) is 11.8 Å². The van der Waals surface area contributed by atoms with E-state index < -0.39 is 0 Å². The lowest BCUT2D eigenvalue weighted by Crippen LogP contribution is -2.51.